The molecule has 0 aromatic carbocycles. The van der Waals surface area contributed by atoms with E-state index < -0.39 is 66.1 Å². The highest BCUT2D eigenvalue weighted by Gasteiger charge is 2.93. The molecule has 0 bridgehead atoms. The molecule has 0 aliphatic carbocycles. The second kappa shape index (κ2) is 8.65. The van der Waals surface area contributed by atoms with Gasteiger partial charge in [-0.1, -0.05) is 27.2 Å². The predicted octanol–water partition coefficient (Wildman–Crippen LogP) is 6.59. The molecule has 32 heavy (non-hydrogen) atoms. The van der Waals surface area contributed by atoms with Gasteiger partial charge >= 0.3 is 47.7 Å². The Morgan fingerprint density at radius 3 is 1.34 bits per heavy atom. The van der Waals surface area contributed by atoms with Crippen molar-refractivity contribution < 1.29 is 75.4 Å². The Balaban J connectivity index is 6.13. The SMILES string of the molecule is CCC(C)C(C)C(=O)OCC(F)(F)C(F)(F)C(F)(F)C(F)(F)C(F)(F)C(F)(F)C(F)(F)F. The maximum Gasteiger partial charge on any atom is 0.460 e. The van der Waals surface area contributed by atoms with E-state index in [0.29, 0.717) is 0 Å². The molecule has 0 saturated carbocycles. The van der Waals surface area contributed by atoms with E-state index in [4.69, 9.17) is 0 Å². The van der Waals surface area contributed by atoms with Crippen molar-refractivity contribution in [2.45, 2.75) is 68.9 Å². The molecule has 192 valence electrons. The van der Waals surface area contributed by atoms with E-state index >= 15 is 0 Å². The summed E-state index contributed by atoms with van der Waals surface area (Å²) in [5, 5.41) is 0. The molecule has 0 rings (SSSR count). The number of carbonyl (C=O) groups is 1. The van der Waals surface area contributed by atoms with Crippen LogP contribution in [0.4, 0.5) is 65.9 Å². The van der Waals surface area contributed by atoms with Crippen LogP contribution in [-0.2, 0) is 9.53 Å². The number of esters is 1. The second-order valence-electron chi connectivity index (χ2n) is 6.86. The van der Waals surface area contributed by atoms with E-state index in [-0.39, 0.29) is 6.42 Å². The maximum absolute atomic E-state index is 13.6. The Morgan fingerprint density at radius 2 is 1.00 bits per heavy atom. The molecule has 0 radical (unpaired) electrons. The zero-order valence-electron chi connectivity index (χ0n) is 16.1. The van der Waals surface area contributed by atoms with Crippen molar-refractivity contribution >= 4 is 5.97 Å². The highest BCUT2D eigenvalue weighted by molar-refractivity contribution is 5.72. The van der Waals surface area contributed by atoms with Crippen LogP contribution < -0.4 is 0 Å². The maximum atomic E-state index is 13.6. The summed E-state index contributed by atoms with van der Waals surface area (Å²) in [4.78, 5) is 11.5. The van der Waals surface area contributed by atoms with Gasteiger partial charge in [0.2, 0.25) is 0 Å². The van der Waals surface area contributed by atoms with Gasteiger partial charge in [0.1, 0.15) is 0 Å². The summed E-state index contributed by atoms with van der Waals surface area (Å²) in [7, 11) is 0. The van der Waals surface area contributed by atoms with Gasteiger partial charge in [-0.25, -0.2) is 0 Å². The average molecular weight is 512 g/mol. The first-order valence-corrected chi connectivity index (χ1v) is 8.28. The fourth-order valence-corrected chi connectivity index (χ4v) is 1.97. The van der Waals surface area contributed by atoms with Crippen molar-refractivity contribution in [2.24, 2.45) is 11.8 Å². The van der Waals surface area contributed by atoms with Crippen molar-refractivity contribution in [1.29, 1.82) is 0 Å². The monoisotopic (exact) mass is 512 g/mol. The molecule has 0 fully saturated rings. The molecule has 0 aliphatic heterocycles. The Kier molecular flexibility index (Phi) is 8.22. The normalized spacial score (nSPS) is 17.2. The van der Waals surface area contributed by atoms with E-state index in [1.54, 1.807) is 0 Å². The van der Waals surface area contributed by atoms with Gasteiger partial charge in [0, 0.05) is 0 Å². The zero-order valence-corrected chi connectivity index (χ0v) is 16.1. The number of hydrogen-bond acceptors (Lipinski definition) is 2. The third-order valence-electron chi connectivity index (χ3n) is 4.66. The van der Waals surface area contributed by atoms with Gasteiger partial charge in [-0.05, 0) is 5.92 Å². The summed E-state index contributed by atoms with van der Waals surface area (Å²) in [6.45, 7) is 0.703. The van der Waals surface area contributed by atoms with Crippen LogP contribution in [0.25, 0.3) is 0 Å². The molecule has 0 spiro atoms. The first-order chi connectivity index (χ1) is 13.8. The molecule has 2 nitrogen and oxygen atoms in total. The van der Waals surface area contributed by atoms with Crippen LogP contribution in [0, 0.1) is 11.8 Å². The molecule has 2 unspecified atom stereocenters. The lowest BCUT2D eigenvalue weighted by molar-refractivity contribution is -0.453. The summed E-state index contributed by atoms with van der Waals surface area (Å²) in [5.41, 5.74) is 0. The van der Waals surface area contributed by atoms with Gasteiger partial charge in [0.25, 0.3) is 0 Å². The van der Waals surface area contributed by atoms with Gasteiger partial charge < -0.3 is 4.74 Å². The van der Waals surface area contributed by atoms with Crippen molar-refractivity contribution in [2.75, 3.05) is 6.61 Å². The van der Waals surface area contributed by atoms with E-state index in [1.165, 1.54) is 13.8 Å². The van der Waals surface area contributed by atoms with Crippen molar-refractivity contribution in [3.05, 3.63) is 0 Å². The fraction of sp³-hybridized carbons (Fsp3) is 0.933. The van der Waals surface area contributed by atoms with E-state index in [2.05, 4.69) is 4.74 Å². The quantitative estimate of drug-likeness (QED) is 0.244. The number of carbonyl (C=O) groups excluding carboxylic acids is 1. The van der Waals surface area contributed by atoms with Crippen LogP contribution in [0.15, 0.2) is 0 Å². The minimum atomic E-state index is -8.36. The molecular formula is C15H15F15O2. The minimum Gasteiger partial charge on any atom is -0.459 e. The van der Waals surface area contributed by atoms with Crippen LogP contribution in [0.3, 0.4) is 0 Å². The Bertz CT molecular complexity index is 668. The lowest BCUT2D eigenvalue weighted by Crippen LogP contribution is -2.73. The highest BCUT2D eigenvalue weighted by Crippen LogP contribution is 2.62. The van der Waals surface area contributed by atoms with Crippen LogP contribution >= 0.6 is 0 Å². The molecule has 0 amide bonds. The molecule has 17 heteroatoms. The van der Waals surface area contributed by atoms with E-state index in [9.17, 15) is 70.7 Å². The summed E-state index contributed by atoms with van der Waals surface area (Å²) in [6, 6.07) is 0. The lowest BCUT2D eigenvalue weighted by Gasteiger charge is -2.41. The second-order valence-corrected chi connectivity index (χ2v) is 6.86. The van der Waals surface area contributed by atoms with E-state index in [0.717, 1.165) is 6.92 Å². The van der Waals surface area contributed by atoms with Gasteiger partial charge in [0.15, 0.2) is 6.61 Å². The molecule has 0 aromatic heterocycles. The number of halogens is 15. The summed E-state index contributed by atoms with van der Waals surface area (Å²) in [6.07, 6.45) is -7.47. The third-order valence-corrected chi connectivity index (χ3v) is 4.66. The number of alkyl halides is 15. The highest BCUT2D eigenvalue weighted by atomic mass is 19.4. The summed E-state index contributed by atoms with van der Waals surface area (Å²) < 4.78 is 199. The van der Waals surface area contributed by atoms with Crippen molar-refractivity contribution in [1.82, 2.24) is 0 Å². The van der Waals surface area contributed by atoms with Crippen LogP contribution in [0.2, 0.25) is 0 Å². The van der Waals surface area contributed by atoms with Crippen molar-refractivity contribution in [3.63, 3.8) is 0 Å². The number of ether oxygens (including phenoxy) is 1. The zero-order chi connectivity index (χ0) is 26.4. The molecule has 0 N–H and O–H groups in total. The summed E-state index contributed by atoms with van der Waals surface area (Å²) >= 11 is 0. The van der Waals surface area contributed by atoms with Crippen LogP contribution in [0.5, 0.6) is 0 Å². The third kappa shape index (κ3) is 4.56. The van der Waals surface area contributed by atoms with Gasteiger partial charge in [-0.15, -0.1) is 0 Å². The van der Waals surface area contributed by atoms with E-state index in [1.807, 2.05) is 0 Å². The Morgan fingerprint density at radius 1 is 0.656 bits per heavy atom. The topological polar surface area (TPSA) is 26.3 Å². The standard InChI is InChI=1S/C15H15F15O2/c1-4-6(2)7(3)8(31)32-5-9(16,17)10(18,19)11(20,21)12(22,23)13(24,25)14(26,27)15(28,29)30/h6-7H,4-5H2,1-3H3. The number of hydrogen-bond donors (Lipinski definition) is 0. The first kappa shape index (κ1) is 30.4. The smallest absolute Gasteiger partial charge is 0.459 e. The Hall–Kier alpha value is -1.58. The average Bonchev–Trinajstić information content (AvgIpc) is 2.62. The largest absolute Gasteiger partial charge is 0.460 e. The van der Waals surface area contributed by atoms with Gasteiger partial charge in [-0.2, -0.15) is 65.9 Å². The summed E-state index contributed by atoms with van der Waals surface area (Å²) in [5.74, 6) is -50.9. The van der Waals surface area contributed by atoms with Crippen LogP contribution in [0.1, 0.15) is 27.2 Å². The molecule has 0 aromatic rings. The first-order valence-electron chi connectivity index (χ1n) is 8.28. The fourth-order valence-electron chi connectivity index (χ4n) is 1.97. The minimum absolute atomic E-state index is 0.190. The Labute approximate surface area is 170 Å². The number of rotatable bonds is 10. The lowest BCUT2D eigenvalue weighted by atomic mass is 9.91. The van der Waals surface area contributed by atoms with Crippen molar-refractivity contribution in [3.8, 4) is 0 Å². The molecule has 0 heterocycles. The molecule has 0 aliphatic rings. The predicted molar refractivity (Wildman–Crippen MR) is 75.3 cm³/mol. The molecule has 2 atom stereocenters. The van der Waals surface area contributed by atoms with Gasteiger partial charge in [0.05, 0.1) is 5.92 Å². The molecular weight excluding hydrogens is 497 g/mol. The van der Waals surface area contributed by atoms with Crippen LogP contribution in [-0.4, -0.2) is 54.3 Å². The van der Waals surface area contributed by atoms with Gasteiger partial charge in [-0.3, -0.25) is 4.79 Å². The molecule has 0 saturated heterocycles.